The van der Waals surface area contributed by atoms with Crippen molar-refractivity contribution in [2.24, 2.45) is 5.41 Å². The highest BCUT2D eigenvalue weighted by Crippen LogP contribution is 2.29. The van der Waals surface area contributed by atoms with Gasteiger partial charge in [-0.15, -0.1) is 6.58 Å². The maximum Gasteiger partial charge on any atom is 0.158 e. The summed E-state index contributed by atoms with van der Waals surface area (Å²) in [6.45, 7) is 11.9. The molecule has 0 radical (unpaired) electrons. The lowest BCUT2D eigenvalue weighted by molar-refractivity contribution is -0.115. The van der Waals surface area contributed by atoms with Gasteiger partial charge < -0.3 is 0 Å². The van der Waals surface area contributed by atoms with Gasteiger partial charge in [0.05, 0.1) is 0 Å². The fraction of sp³-hybridized carbons (Fsp3) is 0.615. The summed E-state index contributed by atoms with van der Waals surface area (Å²) in [7, 11) is 0. The zero-order valence-electron chi connectivity index (χ0n) is 9.89. The molecule has 0 heterocycles. The third kappa shape index (κ3) is 3.91. The maximum atomic E-state index is 11.4. The first kappa shape index (κ1) is 13.2. The molecule has 0 saturated carbocycles. The van der Waals surface area contributed by atoms with Crippen molar-refractivity contribution >= 4 is 5.78 Å². The van der Waals surface area contributed by atoms with Crippen LogP contribution < -0.4 is 0 Å². The van der Waals surface area contributed by atoms with Gasteiger partial charge in [-0.2, -0.15) is 0 Å². The highest BCUT2D eigenvalue weighted by molar-refractivity contribution is 5.94. The molecule has 1 nitrogen and oxygen atoms in total. The van der Waals surface area contributed by atoms with Crippen LogP contribution in [0, 0.1) is 5.41 Å². The Bertz CT molecular complexity index is 238. The molecule has 1 atom stereocenters. The van der Waals surface area contributed by atoms with Gasteiger partial charge in [-0.05, 0) is 30.8 Å². The largest absolute Gasteiger partial charge is 0.295 e. The first-order valence-electron chi connectivity index (χ1n) is 5.32. The molecule has 0 amide bonds. The lowest BCUT2D eigenvalue weighted by atomic mass is 9.82. The van der Waals surface area contributed by atoms with Crippen molar-refractivity contribution in [1.29, 1.82) is 0 Å². The summed E-state index contributed by atoms with van der Waals surface area (Å²) in [5.74, 6) is 0.244. The monoisotopic (exact) mass is 194 g/mol. The summed E-state index contributed by atoms with van der Waals surface area (Å²) in [5, 5.41) is 0. The first-order chi connectivity index (χ1) is 6.49. The minimum Gasteiger partial charge on any atom is -0.295 e. The summed E-state index contributed by atoms with van der Waals surface area (Å²) in [6.07, 6.45) is 6.58. The summed E-state index contributed by atoms with van der Waals surface area (Å²) < 4.78 is 0. The van der Waals surface area contributed by atoms with Gasteiger partial charge in [-0.25, -0.2) is 0 Å². The van der Waals surface area contributed by atoms with E-state index in [4.69, 9.17) is 0 Å². The molecule has 0 N–H and O–H groups in total. The van der Waals surface area contributed by atoms with Crippen molar-refractivity contribution in [3.8, 4) is 0 Å². The Morgan fingerprint density at radius 2 is 2.00 bits per heavy atom. The van der Waals surface area contributed by atoms with Crippen LogP contribution in [0.1, 0.15) is 47.0 Å². The number of ketones is 1. The number of carbonyl (C=O) groups excluding carboxylic acids is 1. The molecule has 0 fully saturated rings. The van der Waals surface area contributed by atoms with Gasteiger partial charge in [0.25, 0.3) is 0 Å². The number of carbonyl (C=O) groups is 1. The van der Waals surface area contributed by atoms with E-state index in [2.05, 4.69) is 26.5 Å². The lowest BCUT2D eigenvalue weighted by Crippen LogP contribution is -2.13. The molecule has 14 heavy (non-hydrogen) atoms. The maximum absolute atomic E-state index is 11.4. The highest BCUT2D eigenvalue weighted by Gasteiger charge is 2.18. The van der Waals surface area contributed by atoms with Gasteiger partial charge in [-0.3, -0.25) is 4.79 Å². The molecule has 1 unspecified atom stereocenters. The van der Waals surface area contributed by atoms with Crippen LogP contribution in [0.3, 0.4) is 0 Å². The Labute approximate surface area is 87.9 Å². The second kappa shape index (κ2) is 5.79. The van der Waals surface area contributed by atoms with Crippen LogP contribution in [0.15, 0.2) is 24.3 Å². The molecule has 0 bridgehead atoms. The average Bonchev–Trinajstić information content (AvgIpc) is 2.16. The Kier molecular flexibility index (Phi) is 5.44. The summed E-state index contributed by atoms with van der Waals surface area (Å²) in [4.78, 5) is 11.4. The van der Waals surface area contributed by atoms with Gasteiger partial charge >= 0.3 is 0 Å². The van der Waals surface area contributed by atoms with Crippen LogP contribution in [0.4, 0.5) is 0 Å². The third-order valence-electron chi connectivity index (χ3n) is 2.74. The normalized spacial score (nSPS) is 16.1. The fourth-order valence-corrected chi connectivity index (χ4v) is 1.52. The quantitative estimate of drug-likeness (QED) is 0.463. The first-order valence-corrected chi connectivity index (χ1v) is 5.32. The van der Waals surface area contributed by atoms with Crippen LogP contribution in [0.2, 0.25) is 0 Å². The molecule has 80 valence electrons. The number of rotatable bonds is 6. The van der Waals surface area contributed by atoms with E-state index in [-0.39, 0.29) is 11.2 Å². The van der Waals surface area contributed by atoms with Crippen molar-refractivity contribution in [2.45, 2.75) is 47.0 Å². The standard InChI is InChI=1S/C13H22O/c1-6-9-13(5,8-3)10-11(4)12(14)7-2/h6,10H,1,7-9H2,2-5H3. The molecule has 0 aliphatic heterocycles. The van der Waals surface area contributed by atoms with Crippen LogP contribution in [0.5, 0.6) is 0 Å². The molecule has 0 aromatic carbocycles. The van der Waals surface area contributed by atoms with E-state index in [1.807, 2.05) is 19.9 Å². The van der Waals surface area contributed by atoms with Crippen LogP contribution >= 0.6 is 0 Å². The van der Waals surface area contributed by atoms with E-state index >= 15 is 0 Å². The molecule has 0 spiro atoms. The van der Waals surface area contributed by atoms with Gasteiger partial charge in [0.15, 0.2) is 5.78 Å². The molecule has 0 aliphatic carbocycles. The van der Waals surface area contributed by atoms with Crippen LogP contribution in [-0.4, -0.2) is 5.78 Å². The summed E-state index contributed by atoms with van der Waals surface area (Å²) in [6, 6.07) is 0. The van der Waals surface area contributed by atoms with Crippen molar-refractivity contribution in [1.82, 2.24) is 0 Å². The fourth-order valence-electron chi connectivity index (χ4n) is 1.52. The second-order valence-corrected chi connectivity index (χ2v) is 4.10. The highest BCUT2D eigenvalue weighted by atomic mass is 16.1. The van der Waals surface area contributed by atoms with Crippen molar-refractivity contribution in [3.05, 3.63) is 24.3 Å². The van der Waals surface area contributed by atoms with E-state index in [0.29, 0.717) is 6.42 Å². The van der Waals surface area contributed by atoms with Gasteiger partial charge in [-0.1, -0.05) is 32.9 Å². The molecular formula is C13H22O. The lowest BCUT2D eigenvalue weighted by Gasteiger charge is -2.23. The van der Waals surface area contributed by atoms with Crippen LogP contribution in [-0.2, 0) is 4.79 Å². The Morgan fingerprint density at radius 3 is 2.36 bits per heavy atom. The smallest absolute Gasteiger partial charge is 0.158 e. The molecule has 0 aromatic rings. The van der Waals surface area contributed by atoms with E-state index in [9.17, 15) is 4.79 Å². The zero-order chi connectivity index (χ0) is 11.2. The van der Waals surface area contributed by atoms with Gasteiger partial charge in [0.2, 0.25) is 0 Å². The number of hydrogen-bond donors (Lipinski definition) is 0. The second-order valence-electron chi connectivity index (χ2n) is 4.10. The predicted molar refractivity (Wildman–Crippen MR) is 62.3 cm³/mol. The van der Waals surface area contributed by atoms with Crippen molar-refractivity contribution in [3.63, 3.8) is 0 Å². The topological polar surface area (TPSA) is 17.1 Å². The van der Waals surface area contributed by atoms with E-state index in [0.717, 1.165) is 18.4 Å². The zero-order valence-corrected chi connectivity index (χ0v) is 9.89. The van der Waals surface area contributed by atoms with E-state index in [1.165, 1.54) is 0 Å². The number of hydrogen-bond acceptors (Lipinski definition) is 1. The minimum absolute atomic E-state index is 0.0939. The molecule has 0 aliphatic rings. The van der Waals surface area contributed by atoms with E-state index in [1.54, 1.807) is 0 Å². The average molecular weight is 194 g/mol. The van der Waals surface area contributed by atoms with Crippen molar-refractivity contribution in [2.75, 3.05) is 0 Å². The van der Waals surface area contributed by atoms with Crippen LogP contribution in [0.25, 0.3) is 0 Å². The molecule has 0 aromatic heterocycles. The third-order valence-corrected chi connectivity index (χ3v) is 2.74. The Balaban J connectivity index is 4.71. The van der Waals surface area contributed by atoms with E-state index < -0.39 is 0 Å². The number of Topliss-reactive ketones (excluding diaryl/α,β-unsaturated/α-hetero) is 1. The van der Waals surface area contributed by atoms with Gasteiger partial charge in [0.1, 0.15) is 0 Å². The summed E-state index contributed by atoms with van der Waals surface area (Å²) in [5.41, 5.74) is 0.982. The molecule has 0 rings (SSSR count). The van der Waals surface area contributed by atoms with Crippen molar-refractivity contribution < 1.29 is 4.79 Å². The molecule has 0 saturated heterocycles. The number of allylic oxidation sites excluding steroid dienone is 3. The van der Waals surface area contributed by atoms with Gasteiger partial charge in [0, 0.05) is 6.42 Å². The SMILES string of the molecule is C=CCC(C)(C=C(C)C(=O)CC)CC. The summed E-state index contributed by atoms with van der Waals surface area (Å²) >= 11 is 0. The Hall–Kier alpha value is -0.850. The minimum atomic E-state index is 0.0939. The predicted octanol–water partition coefficient (Wildman–Crippen LogP) is 3.90. The molecular weight excluding hydrogens is 172 g/mol. The molecule has 1 heteroatoms. The Morgan fingerprint density at radius 1 is 1.43 bits per heavy atom.